The minimum atomic E-state index is -0.287. The van der Waals surface area contributed by atoms with Crippen LogP contribution in [-0.2, 0) is 7.05 Å². The molecule has 0 aliphatic heterocycles. The standard InChI is InChI=1S/C5H8N2O2/c1-3-4(8)7(2)5(9)6-3/h8H,1-2H3,(H,6,9). The molecule has 0 aromatic carbocycles. The molecule has 0 aliphatic rings. The molecule has 1 aromatic heterocycles. The summed E-state index contributed by atoms with van der Waals surface area (Å²) in [5.74, 6) is 0.000000000000000222. The third-order valence-corrected chi connectivity index (χ3v) is 1.25. The van der Waals surface area contributed by atoms with Gasteiger partial charge in [-0.15, -0.1) is 0 Å². The number of aryl methyl sites for hydroxylation is 1. The van der Waals surface area contributed by atoms with Crippen molar-refractivity contribution >= 4 is 0 Å². The summed E-state index contributed by atoms with van der Waals surface area (Å²) in [4.78, 5) is 13.0. The van der Waals surface area contributed by atoms with Gasteiger partial charge in [0.2, 0.25) is 5.88 Å². The van der Waals surface area contributed by atoms with Crippen LogP contribution in [0.1, 0.15) is 5.69 Å². The van der Waals surface area contributed by atoms with Crippen LogP contribution in [0, 0.1) is 6.92 Å². The Hall–Kier alpha value is -1.19. The fraction of sp³-hybridized carbons (Fsp3) is 0.400. The number of nitrogens with zero attached hydrogens (tertiary/aromatic N) is 1. The van der Waals surface area contributed by atoms with Crippen molar-refractivity contribution in [1.82, 2.24) is 9.55 Å². The zero-order valence-corrected chi connectivity index (χ0v) is 5.30. The molecule has 0 radical (unpaired) electrons. The van der Waals surface area contributed by atoms with E-state index in [-0.39, 0.29) is 11.6 Å². The molecule has 0 amide bonds. The van der Waals surface area contributed by atoms with E-state index in [1.807, 2.05) is 0 Å². The topological polar surface area (TPSA) is 58.0 Å². The molecule has 50 valence electrons. The largest absolute Gasteiger partial charge is 0.493 e. The second kappa shape index (κ2) is 1.65. The van der Waals surface area contributed by atoms with Gasteiger partial charge < -0.3 is 10.1 Å². The van der Waals surface area contributed by atoms with Gasteiger partial charge in [-0.05, 0) is 6.92 Å². The Balaban J connectivity index is 3.47. The predicted molar refractivity (Wildman–Crippen MR) is 32.4 cm³/mol. The number of rotatable bonds is 0. The number of aromatic amines is 1. The molecule has 0 saturated carbocycles. The van der Waals surface area contributed by atoms with Crippen LogP contribution in [0.2, 0.25) is 0 Å². The maximum atomic E-state index is 10.6. The first kappa shape index (κ1) is 5.94. The second-order valence-corrected chi connectivity index (χ2v) is 1.94. The van der Waals surface area contributed by atoms with Crippen LogP contribution in [0.5, 0.6) is 5.88 Å². The molecule has 0 unspecified atom stereocenters. The van der Waals surface area contributed by atoms with Crippen LogP contribution < -0.4 is 5.69 Å². The molecule has 1 aromatic rings. The lowest BCUT2D eigenvalue weighted by atomic mass is 10.5. The van der Waals surface area contributed by atoms with E-state index in [9.17, 15) is 4.79 Å². The second-order valence-electron chi connectivity index (χ2n) is 1.94. The van der Waals surface area contributed by atoms with Crippen molar-refractivity contribution in [2.75, 3.05) is 0 Å². The third kappa shape index (κ3) is 0.718. The molecule has 0 saturated heterocycles. The van der Waals surface area contributed by atoms with Gasteiger partial charge >= 0.3 is 5.69 Å². The van der Waals surface area contributed by atoms with E-state index in [1.54, 1.807) is 6.92 Å². The molecule has 9 heavy (non-hydrogen) atoms. The molecule has 4 heteroatoms. The lowest BCUT2D eigenvalue weighted by Crippen LogP contribution is -2.11. The maximum Gasteiger partial charge on any atom is 0.328 e. The first-order valence-corrected chi connectivity index (χ1v) is 2.57. The van der Waals surface area contributed by atoms with Crippen LogP contribution in [0.3, 0.4) is 0 Å². The van der Waals surface area contributed by atoms with E-state index < -0.39 is 0 Å². The number of H-pyrrole nitrogens is 1. The van der Waals surface area contributed by atoms with Crippen molar-refractivity contribution in [2.45, 2.75) is 6.92 Å². The summed E-state index contributed by atoms with van der Waals surface area (Å²) in [6.07, 6.45) is 0. The number of aromatic hydroxyl groups is 1. The zero-order valence-electron chi connectivity index (χ0n) is 5.30. The summed E-state index contributed by atoms with van der Waals surface area (Å²) in [5, 5.41) is 8.96. The normalized spacial score (nSPS) is 10.0. The van der Waals surface area contributed by atoms with Crippen LogP contribution in [0.15, 0.2) is 4.79 Å². The molecule has 4 nitrogen and oxygen atoms in total. The Morgan fingerprint density at radius 3 is 2.33 bits per heavy atom. The molecule has 1 rings (SSSR count). The molecular formula is C5H8N2O2. The predicted octanol–water partition coefficient (Wildman–Crippen LogP) is -0.273. The highest BCUT2D eigenvalue weighted by Gasteiger charge is 2.02. The van der Waals surface area contributed by atoms with Crippen LogP contribution in [-0.4, -0.2) is 14.7 Å². The highest BCUT2D eigenvalue weighted by atomic mass is 16.3. The molecule has 0 spiro atoms. The van der Waals surface area contributed by atoms with E-state index in [1.165, 1.54) is 7.05 Å². The van der Waals surface area contributed by atoms with Crippen LogP contribution >= 0.6 is 0 Å². The average Bonchev–Trinajstić information content (AvgIpc) is 1.98. The number of aromatic nitrogens is 2. The van der Waals surface area contributed by atoms with Crippen molar-refractivity contribution in [3.63, 3.8) is 0 Å². The summed E-state index contributed by atoms with van der Waals surface area (Å²) < 4.78 is 1.15. The summed E-state index contributed by atoms with van der Waals surface area (Å²) >= 11 is 0. The average molecular weight is 128 g/mol. The molecule has 1 heterocycles. The molecule has 2 N–H and O–H groups in total. The fourth-order valence-electron chi connectivity index (χ4n) is 0.648. The Kier molecular flexibility index (Phi) is 1.09. The molecule has 0 atom stereocenters. The summed E-state index contributed by atoms with van der Waals surface area (Å²) in [6.45, 7) is 1.64. The van der Waals surface area contributed by atoms with E-state index >= 15 is 0 Å². The van der Waals surface area contributed by atoms with Crippen molar-refractivity contribution in [3.05, 3.63) is 16.2 Å². The molecule has 0 aliphatic carbocycles. The van der Waals surface area contributed by atoms with E-state index in [4.69, 9.17) is 5.11 Å². The van der Waals surface area contributed by atoms with Gasteiger partial charge in [0.1, 0.15) is 0 Å². The first-order valence-electron chi connectivity index (χ1n) is 2.57. The number of imidazole rings is 1. The van der Waals surface area contributed by atoms with Crippen molar-refractivity contribution in [1.29, 1.82) is 0 Å². The highest BCUT2D eigenvalue weighted by molar-refractivity contribution is 5.15. The Bertz CT molecular complexity index is 271. The minimum absolute atomic E-state index is 0.000000000000000222. The summed E-state index contributed by atoms with van der Waals surface area (Å²) in [7, 11) is 1.50. The maximum absolute atomic E-state index is 10.6. The monoisotopic (exact) mass is 128 g/mol. The van der Waals surface area contributed by atoms with Gasteiger partial charge in [0.25, 0.3) is 0 Å². The quantitative estimate of drug-likeness (QED) is 0.505. The molecular weight excluding hydrogens is 120 g/mol. The van der Waals surface area contributed by atoms with Gasteiger partial charge in [-0.2, -0.15) is 0 Å². The smallest absolute Gasteiger partial charge is 0.328 e. The summed E-state index contributed by atoms with van der Waals surface area (Å²) in [6, 6.07) is 0. The first-order chi connectivity index (χ1) is 4.13. The van der Waals surface area contributed by atoms with Crippen LogP contribution in [0.25, 0.3) is 0 Å². The van der Waals surface area contributed by atoms with E-state index in [2.05, 4.69) is 4.98 Å². The lowest BCUT2D eigenvalue weighted by molar-refractivity contribution is 0.426. The van der Waals surface area contributed by atoms with Crippen molar-refractivity contribution in [3.8, 4) is 5.88 Å². The SMILES string of the molecule is Cc1[nH]c(=O)n(C)c1O. The van der Waals surface area contributed by atoms with Gasteiger partial charge in [0, 0.05) is 7.05 Å². The van der Waals surface area contributed by atoms with Gasteiger partial charge in [0.15, 0.2) is 0 Å². The minimum Gasteiger partial charge on any atom is -0.493 e. The van der Waals surface area contributed by atoms with Crippen molar-refractivity contribution in [2.24, 2.45) is 7.05 Å². The molecule has 0 bridgehead atoms. The van der Waals surface area contributed by atoms with Gasteiger partial charge in [-0.1, -0.05) is 0 Å². The number of nitrogens with one attached hydrogen (secondary N) is 1. The zero-order chi connectivity index (χ0) is 7.02. The van der Waals surface area contributed by atoms with E-state index in [0.29, 0.717) is 5.69 Å². The van der Waals surface area contributed by atoms with Gasteiger partial charge in [0.05, 0.1) is 5.69 Å². The molecule has 0 fully saturated rings. The van der Waals surface area contributed by atoms with Gasteiger partial charge in [-0.25, -0.2) is 4.79 Å². The number of hydrogen-bond acceptors (Lipinski definition) is 2. The van der Waals surface area contributed by atoms with E-state index in [0.717, 1.165) is 4.57 Å². The lowest BCUT2D eigenvalue weighted by Gasteiger charge is -1.88. The van der Waals surface area contributed by atoms with Gasteiger partial charge in [-0.3, -0.25) is 4.57 Å². The fourth-order valence-corrected chi connectivity index (χ4v) is 0.648. The number of hydrogen-bond donors (Lipinski definition) is 2. The van der Waals surface area contributed by atoms with Crippen LogP contribution in [0.4, 0.5) is 0 Å². The Morgan fingerprint density at radius 1 is 1.67 bits per heavy atom. The Morgan fingerprint density at radius 2 is 2.22 bits per heavy atom. The Labute approximate surface area is 51.8 Å². The highest BCUT2D eigenvalue weighted by Crippen LogP contribution is 2.06. The summed E-state index contributed by atoms with van der Waals surface area (Å²) in [5.41, 5.74) is 0.215. The van der Waals surface area contributed by atoms with Crippen molar-refractivity contribution < 1.29 is 5.11 Å². The third-order valence-electron chi connectivity index (χ3n) is 1.25.